The normalized spacial score (nSPS) is 11.8. The molecule has 0 unspecified atom stereocenters. The minimum Gasteiger partial charge on any atom is -0.480 e. The molecule has 7 nitrogen and oxygen atoms in total. The first kappa shape index (κ1) is 14.2. The molecule has 0 heterocycles. The maximum atomic E-state index is 11.2. The number of hydrogen-bond acceptors (Lipinski definition) is 3. The largest absolute Gasteiger partial charge is 0.480 e. The van der Waals surface area contributed by atoms with Gasteiger partial charge in [-0.15, -0.1) is 0 Å². The zero-order valence-electron chi connectivity index (χ0n) is 9.53. The van der Waals surface area contributed by atoms with E-state index in [0.717, 1.165) is 0 Å². The number of urea groups is 1. The van der Waals surface area contributed by atoms with Crippen molar-refractivity contribution in [2.24, 2.45) is 5.92 Å². The Morgan fingerprint density at radius 1 is 1.25 bits per heavy atom. The second-order valence-electron chi connectivity index (χ2n) is 3.56. The number of aliphatic carboxylic acids is 1. The first-order valence-electron chi connectivity index (χ1n) is 4.86. The van der Waals surface area contributed by atoms with Crippen LogP contribution in [0.1, 0.15) is 13.8 Å². The molecule has 4 N–H and O–H groups in total. The van der Waals surface area contributed by atoms with Crippen molar-refractivity contribution < 1.29 is 19.5 Å². The summed E-state index contributed by atoms with van der Waals surface area (Å²) in [5, 5.41) is 15.6. The van der Waals surface area contributed by atoms with Crippen molar-refractivity contribution in [2.75, 3.05) is 13.6 Å². The van der Waals surface area contributed by atoms with Crippen molar-refractivity contribution in [3.63, 3.8) is 0 Å². The summed E-state index contributed by atoms with van der Waals surface area (Å²) in [7, 11) is 1.44. The second kappa shape index (κ2) is 6.65. The van der Waals surface area contributed by atoms with Crippen molar-refractivity contribution in [3.05, 3.63) is 0 Å². The summed E-state index contributed by atoms with van der Waals surface area (Å²) in [5.74, 6) is -1.69. The summed E-state index contributed by atoms with van der Waals surface area (Å²) >= 11 is 0. The monoisotopic (exact) mass is 231 g/mol. The summed E-state index contributed by atoms with van der Waals surface area (Å²) in [5.41, 5.74) is 0. The number of carbonyl (C=O) groups excluding carboxylic acids is 2. The lowest BCUT2D eigenvalue weighted by Gasteiger charge is -2.17. The van der Waals surface area contributed by atoms with E-state index in [2.05, 4.69) is 16.0 Å². The fourth-order valence-corrected chi connectivity index (χ4v) is 0.955. The van der Waals surface area contributed by atoms with Gasteiger partial charge in [0.1, 0.15) is 6.04 Å². The van der Waals surface area contributed by atoms with Gasteiger partial charge >= 0.3 is 12.0 Å². The Morgan fingerprint density at radius 2 is 1.81 bits per heavy atom. The molecule has 0 spiro atoms. The Balaban J connectivity index is 4.11. The van der Waals surface area contributed by atoms with E-state index in [4.69, 9.17) is 5.11 Å². The van der Waals surface area contributed by atoms with Gasteiger partial charge in [0.2, 0.25) is 5.91 Å². The molecule has 0 radical (unpaired) electrons. The zero-order valence-corrected chi connectivity index (χ0v) is 9.53. The highest BCUT2D eigenvalue weighted by atomic mass is 16.4. The molecular weight excluding hydrogens is 214 g/mol. The van der Waals surface area contributed by atoms with Gasteiger partial charge in [0.15, 0.2) is 0 Å². The van der Waals surface area contributed by atoms with Crippen molar-refractivity contribution in [1.82, 2.24) is 16.0 Å². The van der Waals surface area contributed by atoms with E-state index in [-0.39, 0.29) is 18.4 Å². The SMILES string of the molecule is CNC(=O)CNC(=O)N[C@@H](C(=O)O)C(C)C. The molecule has 7 heteroatoms. The molecule has 0 aromatic carbocycles. The highest BCUT2D eigenvalue weighted by molar-refractivity contribution is 5.86. The zero-order chi connectivity index (χ0) is 12.7. The minimum absolute atomic E-state index is 0.188. The van der Waals surface area contributed by atoms with Gasteiger partial charge in [-0.05, 0) is 5.92 Å². The number of carboxylic acid groups (broad SMARTS) is 1. The lowest BCUT2D eigenvalue weighted by atomic mass is 10.1. The number of amides is 3. The Labute approximate surface area is 93.6 Å². The van der Waals surface area contributed by atoms with Gasteiger partial charge in [-0.25, -0.2) is 9.59 Å². The van der Waals surface area contributed by atoms with Crippen LogP contribution in [-0.2, 0) is 9.59 Å². The predicted molar refractivity (Wildman–Crippen MR) is 56.9 cm³/mol. The average Bonchev–Trinajstić information content (AvgIpc) is 2.21. The molecule has 0 rings (SSSR count). The van der Waals surface area contributed by atoms with Crippen LogP contribution >= 0.6 is 0 Å². The summed E-state index contributed by atoms with van der Waals surface area (Å²) in [6.07, 6.45) is 0. The molecular formula is C9H17N3O4. The standard InChI is InChI=1S/C9H17N3O4/c1-5(2)7(8(14)15)12-9(16)11-4-6(13)10-3/h5,7H,4H2,1-3H3,(H,10,13)(H,14,15)(H2,11,12,16)/t7-/m1/s1. The summed E-state index contributed by atoms with van der Waals surface area (Å²) in [6.45, 7) is 3.17. The van der Waals surface area contributed by atoms with Crippen LogP contribution in [-0.4, -0.2) is 42.6 Å². The van der Waals surface area contributed by atoms with Crippen molar-refractivity contribution in [3.8, 4) is 0 Å². The highest BCUT2D eigenvalue weighted by Gasteiger charge is 2.23. The van der Waals surface area contributed by atoms with Crippen LogP contribution in [0, 0.1) is 5.92 Å². The summed E-state index contributed by atoms with van der Waals surface area (Å²) in [4.78, 5) is 32.8. The van der Waals surface area contributed by atoms with Crippen LogP contribution in [0.4, 0.5) is 4.79 Å². The highest BCUT2D eigenvalue weighted by Crippen LogP contribution is 2.00. The van der Waals surface area contributed by atoms with Crippen molar-refractivity contribution in [1.29, 1.82) is 0 Å². The fourth-order valence-electron chi connectivity index (χ4n) is 0.955. The van der Waals surface area contributed by atoms with Gasteiger partial charge in [0.05, 0.1) is 6.54 Å². The van der Waals surface area contributed by atoms with Crippen LogP contribution in [0.15, 0.2) is 0 Å². The number of likely N-dealkylation sites (N-methyl/N-ethyl adjacent to an activating group) is 1. The third-order valence-corrected chi connectivity index (χ3v) is 1.91. The topological polar surface area (TPSA) is 108 Å². The third kappa shape index (κ3) is 5.18. The van der Waals surface area contributed by atoms with Crippen LogP contribution in [0.2, 0.25) is 0 Å². The number of nitrogens with one attached hydrogen (secondary N) is 3. The molecule has 1 atom stereocenters. The average molecular weight is 231 g/mol. The van der Waals surface area contributed by atoms with Gasteiger partial charge in [0.25, 0.3) is 0 Å². The molecule has 0 aromatic heterocycles. The first-order valence-corrected chi connectivity index (χ1v) is 4.86. The van der Waals surface area contributed by atoms with Gasteiger partial charge < -0.3 is 21.1 Å². The first-order chi connectivity index (χ1) is 7.38. The molecule has 0 fully saturated rings. The van der Waals surface area contributed by atoms with E-state index in [1.807, 2.05) is 0 Å². The quantitative estimate of drug-likeness (QED) is 0.494. The van der Waals surface area contributed by atoms with E-state index >= 15 is 0 Å². The molecule has 0 aliphatic rings. The van der Waals surface area contributed by atoms with E-state index in [1.54, 1.807) is 13.8 Å². The Bertz CT molecular complexity index is 278. The van der Waals surface area contributed by atoms with Gasteiger partial charge in [-0.2, -0.15) is 0 Å². The second-order valence-corrected chi connectivity index (χ2v) is 3.56. The molecule has 0 saturated heterocycles. The maximum absolute atomic E-state index is 11.2. The molecule has 0 saturated carbocycles. The van der Waals surface area contributed by atoms with Crippen LogP contribution in [0.3, 0.4) is 0 Å². The molecule has 16 heavy (non-hydrogen) atoms. The Morgan fingerprint density at radius 3 is 2.19 bits per heavy atom. The van der Waals surface area contributed by atoms with Crippen LogP contribution in [0.5, 0.6) is 0 Å². The number of hydrogen-bond donors (Lipinski definition) is 4. The lowest BCUT2D eigenvalue weighted by Crippen LogP contribution is -2.50. The molecule has 0 bridgehead atoms. The van der Waals surface area contributed by atoms with Crippen LogP contribution < -0.4 is 16.0 Å². The number of carboxylic acids is 1. The molecule has 0 aliphatic heterocycles. The minimum atomic E-state index is -1.11. The maximum Gasteiger partial charge on any atom is 0.326 e. The number of rotatable bonds is 5. The van der Waals surface area contributed by atoms with E-state index in [9.17, 15) is 14.4 Å². The van der Waals surface area contributed by atoms with E-state index in [0.29, 0.717) is 0 Å². The van der Waals surface area contributed by atoms with E-state index < -0.39 is 18.0 Å². The Hall–Kier alpha value is -1.79. The molecule has 3 amide bonds. The van der Waals surface area contributed by atoms with Gasteiger partial charge in [-0.3, -0.25) is 4.79 Å². The van der Waals surface area contributed by atoms with Gasteiger partial charge in [0, 0.05) is 7.05 Å². The van der Waals surface area contributed by atoms with Gasteiger partial charge in [-0.1, -0.05) is 13.8 Å². The predicted octanol–water partition coefficient (Wildman–Crippen LogP) is -0.859. The summed E-state index contributed by atoms with van der Waals surface area (Å²) < 4.78 is 0. The van der Waals surface area contributed by atoms with Crippen molar-refractivity contribution >= 4 is 17.9 Å². The smallest absolute Gasteiger partial charge is 0.326 e. The summed E-state index contributed by atoms with van der Waals surface area (Å²) in [6, 6.07) is -1.64. The third-order valence-electron chi connectivity index (χ3n) is 1.91. The molecule has 92 valence electrons. The van der Waals surface area contributed by atoms with Crippen molar-refractivity contribution in [2.45, 2.75) is 19.9 Å². The Kier molecular flexibility index (Phi) is 5.91. The molecule has 0 aliphatic carbocycles. The van der Waals surface area contributed by atoms with E-state index in [1.165, 1.54) is 7.05 Å². The molecule has 0 aromatic rings. The van der Waals surface area contributed by atoms with Crippen LogP contribution in [0.25, 0.3) is 0 Å². The lowest BCUT2D eigenvalue weighted by molar-refractivity contribution is -0.140. The number of carbonyl (C=O) groups is 3. The fraction of sp³-hybridized carbons (Fsp3) is 0.667.